The Morgan fingerprint density at radius 1 is 1.39 bits per heavy atom. The van der Waals surface area contributed by atoms with Crippen LogP contribution >= 0.6 is 0 Å². The van der Waals surface area contributed by atoms with Gasteiger partial charge in [-0.1, -0.05) is 0 Å². The van der Waals surface area contributed by atoms with Crippen LogP contribution in [0.3, 0.4) is 0 Å². The maximum atomic E-state index is 12.9. The number of rotatable bonds is 4. The van der Waals surface area contributed by atoms with Crippen LogP contribution < -0.4 is 5.32 Å². The van der Waals surface area contributed by atoms with Crippen LogP contribution in [0.25, 0.3) is 0 Å². The van der Waals surface area contributed by atoms with E-state index in [1.54, 1.807) is 6.92 Å². The summed E-state index contributed by atoms with van der Waals surface area (Å²) in [7, 11) is 0. The van der Waals surface area contributed by atoms with Gasteiger partial charge in [-0.05, 0) is 18.6 Å². The summed E-state index contributed by atoms with van der Waals surface area (Å²) in [6.45, 7) is 1.47. The van der Waals surface area contributed by atoms with E-state index in [4.69, 9.17) is 10.5 Å². The molecule has 0 spiro atoms. The summed E-state index contributed by atoms with van der Waals surface area (Å²) in [5, 5.41) is 34.9. The van der Waals surface area contributed by atoms with Crippen LogP contribution in [0.5, 0.6) is 5.75 Å². The first-order valence-corrected chi connectivity index (χ1v) is 6.57. The highest BCUT2D eigenvalue weighted by Gasteiger charge is 2.48. The third-order valence-electron chi connectivity index (χ3n) is 3.07. The molecular weight excluding hydrogens is 315 g/mol. The van der Waals surface area contributed by atoms with Gasteiger partial charge < -0.3 is 15.5 Å². The maximum absolute atomic E-state index is 12.9. The second-order valence-electron chi connectivity index (χ2n) is 4.81. The van der Waals surface area contributed by atoms with Crippen molar-refractivity contribution < 1.29 is 23.4 Å². The second-order valence-corrected chi connectivity index (χ2v) is 4.81. The number of nitrogens with one attached hydrogen (secondary N) is 2. The minimum absolute atomic E-state index is 0.0716. The number of nitrogens with zero attached hydrogens (tertiary/aromatic N) is 3. The van der Waals surface area contributed by atoms with Gasteiger partial charge in [0.25, 0.3) is 0 Å². The third-order valence-corrected chi connectivity index (χ3v) is 3.07. The first kappa shape index (κ1) is 16.9. The molecule has 1 heterocycles. The highest BCUT2D eigenvalue weighted by molar-refractivity contribution is 6.44. The largest absolute Gasteiger partial charge is 0.508 e. The number of alkyl halides is 3. The van der Waals surface area contributed by atoms with E-state index in [2.05, 4.69) is 20.5 Å². The van der Waals surface area contributed by atoms with Gasteiger partial charge in [-0.3, -0.25) is 5.41 Å². The van der Waals surface area contributed by atoms with Gasteiger partial charge in [0, 0.05) is 12.6 Å². The minimum atomic E-state index is -4.70. The molecule has 0 aliphatic carbocycles. The minimum Gasteiger partial charge on any atom is -0.508 e. The summed E-state index contributed by atoms with van der Waals surface area (Å²) in [6.07, 6.45) is -4.70. The van der Waals surface area contributed by atoms with Gasteiger partial charge in [-0.15, -0.1) is 5.11 Å². The highest BCUT2D eigenvalue weighted by Crippen LogP contribution is 2.35. The molecule has 0 saturated heterocycles. The molecule has 1 aliphatic rings. The van der Waals surface area contributed by atoms with Gasteiger partial charge in [-0.25, -0.2) is 4.99 Å². The zero-order chi connectivity index (χ0) is 17.2. The predicted octanol–water partition coefficient (Wildman–Crippen LogP) is 2.55. The molecule has 124 valence electrons. The van der Waals surface area contributed by atoms with Crippen molar-refractivity contribution in [3.8, 4) is 5.75 Å². The van der Waals surface area contributed by atoms with Gasteiger partial charge in [0.15, 0.2) is 5.84 Å². The Balaban J connectivity index is 2.48. The first-order chi connectivity index (χ1) is 10.7. The van der Waals surface area contributed by atoms with Crippen LogP contribution in [0.15, 0.2) is 27.4 Å². The number of phenolic OH excluding ortho intramolecular Hbond substituents is 1. The van der Waals surface area contributed by atoms with Gasteiger partial charge in [0.2, 0.25) is 6.04 Å². The number of hydrogen-bond acceptors (Lipinski definition) is 6. The number of halogens is 3. The number of hydrogen-bond donors (Lipinski definition) is 4. The average molecular weight is 329 g/mol. The second kappa shape index (κ2) is 6.32. The molecule has 0 aromatic heterocycles. The Hall–Kier alpha value is -2.49. The van der Waals surface area contributed by atoms with Crippen molar-refractivity contribution in [2.45, 2.75) is 19.1 Å². The van der Waals surface area contributed by atoms with Crippen LogP contribution in [0, 0.1) is 12.3 Å². The highest BCUT2D eigenvalue weighted by atomic mass is 19.4. The van der Waals surface area contributed by atoms with Gasteiger partial charge >= 0.3 is 6.18 Å². The molecule has 10 heteroatoms. The van der Waals surface area contributed by atoms with Gasteiger partial charge in [0.1, 0.15) is 11.5 Å². The van der Waals surface area contributed by atoms with Crippen molar-refractivity contribution in [3.05, 3.63) is 17.7 Å². The van der Waals surface area contributed by atoms with Crippen molar-refractivity contribution in [2.75, 3.05) is 18.5 Å². The number of anilines is 1. The van der Waals surface area contributed by atoms with Crippen LogP contribution in [0.1, 0.15) is 5.56 Å². The Labute approximate surface area is 129 Å². The van der Waals surface area contributed by atoms with E-state index >= 15 is 0 Å². The van der Waals surface area contributed by atoms with Crippen LogP contribution in [0.4, 0.5) is 24.5 Å². The normalized spacial score (nSPS) is 19.6. The number of amidine groups is 1. The summed E-state index contributed by atoms with van der Waals surface area (Å²) < 4.78 is 38.7. The van der Waals surface area contributed by atoms with Crippen molar-refractivity contribution in [2.24, 2.45) is 15.2 Å². The number of aryl methyl sites for hydroxylation is 1. The third kappa shape index (κ3) is 3.65. The Morgan fingerprint density at radius 2 is 2.09 bits per heavy atom. The molecule has 0 saturated carbocycles. The van der Waals surface area contributed by atoms with Crippen molar-refractivity contribution in [1.29, 1.82) is 5.41 Å². The molecule has 1 aromatic rings. The fourth-order valence-corrected chi connectivity index (χ4v) is 1.92. The number of aliphatic imine (C=N–C) groups is 1. The lowest BCUT2D eigenvalue weighted by atomic mass is 10.1. The lowest BCUT2D eigenvalue weighted by Gasteiger charge is -2.14. The van der Waals surface area contributed by atoms with Crippen LogP contribution in [-0.4, -0.2) is 47.1 Å². The molecule has 1 unspecified atom stereocenters. The lowest BCUT2D eigenvalue weighted by Crippen LogP contribution is -2.34. The van der Waals surface area contributed by atoms with E-state index in [-0.39, 0.29) is 30.3 Å². The van der Waals surface area contributed by atoms with Crippen LogP contribution in [0.2, 0.25) is 0 Å². The number of aliphatic hydroxyl groups is 1. The maximum Gasteiger partial charge on any atom is 0.418 e. The van der Waals surface area contributed by atoms with E-state index in [1.807, 2.05) is 0 Å². The molecule has 0 bridgehead atoms. The Morgan fingerprint density at radius 3 is 2.70 bits per heavy atom. The summed E-state index contributed by atoms with van der Waals surface area (Å²) in [5.74, 6) is -0.733. The number of aliphatic hydroxyl groups excluding tert-OH is 1. The monoisotopic (exact) mass is 329 g/mol. The van der Waals surface area contributed by atoms with Crippen molar-refractivity contribution >= 4 is 22.9 Å². The SMILES string of the molecule is Cc1cc(N=C2C(=N)N=NC2C(F)(F)F)c(NCCO)cc1O. The van der Waals surface area contributed by atoms with Crippen molar-refractivity contribution in [1.82, 2.24) is 0 Å². The van der Waals surface area contributed by atoms with Crippen molar-refractivity contribution in [3.63, 3.8) is 0 Å². The molecule has 0 fully saturated rings. The molecule has 7 nitrogen and oxygen atoms in total. The molecule has 1 aromatic carbocycles. The summed E-state index contributed by atoms with van der Waals surface area (Å²) >= 11 is 0. The van der Waals surface area contributed by atoms with E-state index < -0.39 is 23.8 Å². The number of phenols is 1. The van der Waals surface area contributed by atoms with E-state index in [1.165, 1.54) is 12.1 Å². The number of azo groups is 1. The molecule has 0 radical (unpaired) electrons. The molecule has 1 atom stereocenters. The van der Waals surface area contributed by atoms with Crippen LogP contribution in [-0.2, 0) is 0 Å². The van der Waals surface area contributed by atoms with E-state index in [0.717, 1.165) is 0 Å². The van der Waals surface area contributed by atoms with Gasteiger partial charge in [-0.2, -0.15) is 18.3 Å². The predicted molar refractivity (Wildman–Crippen MR) is 77.9 cm³/mol. The lowest BCUT2D eigenvalue weighted by molar-refractivity contribution is -0.131. The molecular formula is C13H14F3N5O2. The van der Waals surface area contributed by atoms with E-state index in [0.29, 0.717) is 5.56 Å². The Kier molecular flexibility index (Phi) is 4.64. The topological polar surface area (TPSA) is 113 Å². The zero-order valence-corrected chi connectivity index (χ0v) is 12.0. The van der Waals surface area contributed by atoms with E-state index in [9.17, 15) is 18.3 Å². The molecule has 23 heavy (non-hydrogen) atoms. The quantitative estimate of drug-likeness (QED) is 0.680. The standard InChI is InChI=1S/C13H14F3N5O2/c1-6-4-8(7(5-9(6)23)18-2-3-22)19-10-11(13(14,15)16)20-21-12(10)17/h4-5,11,17-18,22-23H,2-3H2,1H3. The molecule has 1 aliphatic heterocycles. The fourth-order valence-electron chi connectivity index (χ4n) is 1.92. The average Bonchev–Trinajstić information content (AvgIpc) is 2.82. The molecule has 0 amide bonds. The summed E-state index contributed by atoms with van der Waals surface area (Å²) in [5.41, 5.74) is 0.112. The summed E-state index contributed by atoms with van der Waals surface area (Å²) in [4.78, 5) is 3.87. The molecule has 4 N–H and O–H groups in total. The first-order valence-electron chi connectivity index (χ1n) is 6.57. The summed E-state index contributed by atoms with van der Waals surface area (Å²) in [6, 6.07) is 0.385. The Bertz CT molecular complexity index is 685. The number of aromatic hydroxyl groups is 1. The van der Waals surface area contributed by atoms with Gasteiger partial charge in [0.05, 0.1) is 18.0 Å². The zero-order valence-electron chi connectivity index (χ0n) is 12.0. The number of benzene rings is 1. The smallest absolute Gasteiger partial charge is 0.418 e. The fraction of sp³-hybridized carbons (Fsp3) is 0.385. The molecule has 2 rings (SSSR count).